The van der Waals surface area contributed by atoms with Crippen molar-refractivity contribution in [1.82, 2.24) is 14.8 Å². The van der Waals surface area contributed by atoms with Gasteiger partial charge in [0.1, 0.15) is 11.4 Å². The van der Waals surface area contributed by atoms with Crippen LogP contribution in [0.4, 0.5) is 24.5 Å². The van der Waals surface area contributed by atoms with Crippen LogP contribution < -0.4 is 15.0 Å². The van der Waals surface area contributed by atoms with Crippen molar-refractivity contribution in [1.29, 1.82) is 0 Å². The Morgan fingerprint density at radius 2 is 2.03 bits per heavy atom. The predicted octanol–water partition coefficient (Wildman–Crippen LogP) is 3.78. The number of pyridine rings is 1. The fraction of sp³-hybridized carbons (Fsp3) is 0.238. The number of nitrogens with one attached hydrogen (secondary N) is 1. The largest absolute Gasteiger partial charge is 0.496 e. The Morgan fingerprint density at radius 1 is 1.25 bits per heavy atom. The molecule has 1 N–H and O–H groups in total. The second-order valence-corrected chi connectivity index (χ2v) is 7.17. The molecule has 8 nitrogen and oxygen atoms in total. The van der Waals surface area contributed by atoms with Crippen LogP contribution in [0.3, 0.4) is 0 Å². The minimum Gasteiger partial charge on any atom is -0.496 e. The first kappa shape index (κ1) is 21.3. The number of hydrogen-bond donors (Lipinski definition) is 1. The summed E-state index contributed by atoms with van der Waals surface area (Å²) in [7, 11) is 1.13. The van der Waals surface area contributed by atoms with Crippen molar-refractivity contribution in [2.45, 2.75) is 19.1 Å². The molecule has 166 valence electrons. The number of benzene rings is 1. The monoisotopic (exact) mass is 445 g/mol. The predicted molar refractivity (Wildman–Crippen MR) is 109 cm³/mol. The van der Waals surface area contributed by atoms with Crippen molar-refractivity contribution < 1.29 is 27.5 Å². The van der Waals surface area contributed by atoms with Gasteiger partial charge >= 0.3 is 6.18 Å². The minimum absolute atomic E-state index is 0.117. The highest BCUT2D eigenvalue weighted by atomic mass is 19.4. The normalized spacial score (nSPS) is 16.0. The maximum absolute atomic E-state index is 13.3. The molecule has 11 heteroatoms. The molecule has 3 aromatic rings. The number of hydrogen-bond acceptors (Lipinski definition) is 5. The molecule has 0 spiro atoms. The van der Waals surface area contributed by atoms with Crippen molar-refractivity contribution in [2.75, 3.05) is 23.9 Å². The molecule has 32 heavy (non-hydrogen) atoms. The van der Waals surface area contributed by atoms with Crippen molar-refractivity contribution in [3.8, 4) is 5.75 Å². The molecule has 0 unspecified atom stereocenters. The number of carbonyl (C=O) groups is 2. The Kier molecular flexibility index (Phi) is 5.33. The molecule has 3 heterocycles. The summed E-state index contributed by atoms with van der Waals surface area (Å²) < 4.78 is 46.0. The summed E-state index contributed by atoms with van der Waals surface area (Å²) in [5.74, 6) is -1.42. The summed E-state index contributed by atoms with van der Waals surface area (Å²) in [5, 5.41) is 6.84. The third-order valence-electron chi connectivity index (χ3n) is 5.06. The Labute approximate surface area is 180 Å². The fourth-order valence-corrected chi connectivity index (χ4v) is 3.54. The molecule has 0 saturated heterocycles. The summed E-state index contributed by atoms with van der Waals surface area (Å²) in [4.78, 5) is 31.1. The van der Waals surface area contributed by atoms with E-state index in [-0.39, 0.29) is 35.3 Å². The number of fused-ring (bicyclic) bond motifs is 1. The zero-order chi connectivity index (χ0) is 23.0. The molecule has 4 rings (SSSR count). The number of carbonyl (C=O) groups excluding carboxylic acids is 2. The highest BCUT2D eigenvalue weighted by Crippen LogP contribution is 2.39. The second kappa shape index (κ2) is 7.98. The number of nitrogens with zero attached hydrogens (tertiary/aromatic N) is 4. The molecule has 0 radical (unpaired) electrons. The zero-order valence-electron chi connectivity index (χ0n) is 17.1. The van der Waals surface area contributed by atoms with Crippen LogP contribution >= 0.6 is 0 Å². The summed E-state index contributed by atoms with van der Waals surface area (Å²) in [6.07, 6.45) is -1.76. The van der Waals surface area contributed by atoms with Crippen LogP contribution in [-0.2, 0) is 6.18 Å². The van der Waals surface area contributed by atoms with Gasteiger partial charge in [-0.15, -0.1) is 0 Å². The van der Waals surface area contributed by atoms with Gasteiger partial charge in [0.25, 0.3) is 11.8 Å². The lowest BCUT2D eigenvalue weighted by Gasteiger charge is -2.32. The SMILES string of the molecule is COc1cc(N2C[C@H](C)n3ncc(NC(=O)c4ccccn4)c3C2=O)ccc1C(F)(F)F. The van der Waals surface area contributed by atoms with E-state index in [1.54, 1.807) is 12.1 Å². The lowest BCUT2D eigenvalue weighted by Crippen LogP contribution is -2.43. The average Bonchev–Trinajstić information content (AvgIpc) is 3.20. The quantitative estimate of drug-likeness (QED) is 0.660. The topological polar surface area (TPSA) is 89.3 Å². The maximum atomic E-state index is 13.3. The van der Waals surface area contributed by atoms with Gasteiger partial charge in [-0.2, -0.15) is 18.3 Å². The van der Waals surface area contributed by atoms with Gasteiger partial charge in [-0.05, 0) is 31.2 Å². The van der Waals surface area contributed by atoms with E-state index in [4.69, 9.17) is 4.74 Å². The molecular formula is C21H18F3N5O3. The van der Waals surface area contributed by atoms with E-state index in [1.165, 1.54) is 40.2 Å². The van der Waals surface area contributed by atoms with Gasteiger partial charge in [0.2, 0.25) is 0 Å². The number of anilines is 2. The summed E-state index contributed by atoms with van der Waals surface area (Å²) >= 11 is 0. The third-order valence-corrected chi connectivity index (χ3v) is 5.06. The second-order valence-electron chi connectivity index (χ2n) is 7.17. The van der Waals surface area contributed by atoms with Crippen LogP contribution in [0.1, 0.15) is 39.5 Å². The van der Waals surface area contributed by atoms with E-state index in [2.05, 4.69) is 15.4 Å². The fourth-order valence-electron chi connectivity index (χ4n) is 3.54. The number of alkyl halides is 3. The van der Waals surface area contributed by atoms with Gasteiger partial charge < -0.3 is 15.0 Å². The van der Waals surface area contributed by atoms with Crippen LogP contribution in [0.15, 0.2) is 48.8 Å². The van der Waals surface area contributed by atoms with Crippen LogP contribution in [0, 0.1) is 0 Å². The number of halogens is 3. The number of amides is 2. The van der Waals surface area contributed by atoms with Gasteiger partial charge in [0.15, 0.2) is 5.69 Å². The number of ether oxygens (including phenoxy) is 1. The standard InChI is InChI=1S/C21H18F3N5O3/c1-12-11-28(13-6-7-14(21(22,23)24)17(9-13)32-2)20(31)18-16(10-26-29(12)18)27-19(30)15-5-3-4-8-25-15/h3-10,12H,11H2,1-2H3,(H,27,30)/t12-/m0/s1. The highest BCUT2D eigenvalue weighted by Gasteiger charge is 2.37. The molecule has 0 fully saturated rings. The van der Waals surface area contributed by atoms with E-state index in [1.807, 2.05) is 6.92 Å². The van der Waals surface area contributed by atoms with E-state index in [0.29, 0.717) is 0 Å². The first-order valence-electron chi connectivity index (χ1n) is 9.57. The Bertz CT molecular complexity index is 1180. The Morgan fingerprint density at radius 3 is 2.69 bits per heavy atom. The van der Waals surface area contributed by atoms with Gasteiger partial charge in [0, 0.05) is 24.5 Å². The lowest BCUT2D eigenvalue weighted by molar-refractivity contribution is -0.138. The first-order chi connectivity index (χ1) is 15.2. The van der Waals surface area contributed by atoms with Gasteiger partial charge in [-0.25, -0.2) is 0 Å². The first-order valence-corrected chi connectivity index (χ1v) is 9.57. The number of aromatic nitrogens is 3. The number of methoxy groups -OCH3 is 1. The average molecular weight is 445 g/mol. The Hall–Kier alpha value is -3.89. The summed E-state index contributed by atoms with van der Waals surface area (Å²) in [5.41, 5.74) is -0.239. The maximum Gasteiger partial charge on any atom is 0.419 e. The van der Waals surface area contributed by atoms with E-state index >= 15 is 0 Å². The smallest absolute Gasteiger partial charge is 0.419 e. The van der Waals surface area contributed by atoms with Crippen LogP contribution in [0.2, 0.25) is 0 Å². The van der Waals surface area contributed by atoms with Gasteiger partial charge in [-0.3, -0.25) is 19.3 Å². The van der Waals surface area contributed by atoms with Crippen molar-refractivity contribution in [2.24, 2.45) is 0 Å². The van der Waals surface area contributed by atoms with Crippen LogP contribution in [0.25, 0.3) is 0 Å². The summed E-state index contributed by atoms with van der Waals surface area (Å²) in [6.45, 7) is 1.98. The molecule has 1 aromatic carbocycles. The lowest BCUT2D eigenvalue weighted by atomic mass is 10.1. The van der Waals surface area contributed by atoms with Crippen LogP contribution in [0.5, 0.6) is 5.75 Å². The van der Waals surface area contributed by atoms with Crippen molar-refractivity contribution in [3.05, 3.63) is 65.7 Å². The third kappa shape index (κ3) is 3.77. The summed E-state index contributed by atoms with van der Waals surface area (Å²) in [6, 6.07) is 7.82. The van der Waals surface area contributed by atoms with Gasteiger partial charge in [-0.1, -0.05) is 6.07 Å². The molecule has 2 amide bonds. The van der Waals surface area contributed by atoms with E-state index in [9.17, 15) is 22.8 Å². The van der Waals surface area contributed by atoms with E-state index in [0.717, 1.165) is 13.2 Å². The molecule has 2 aromatic heterocycles. The van der Waals surface area contributed by atoms with Crippen molar-refractivity contribution in [3.63, 3.8) is 0 Å². The van der Waals surface area contributed by atoms with Crippen LogP contribution in [-0.4, -0.2) is 40.2 Å². The molecule has 0 saturated carbocycles. The molecule has 1 aliphatic rings. The zero-order valence-corrected chi connectivity index (χ0v) is 17.1. The minimum atomic E-state index is -4.59. The highest BCUT2D eigenvalue weighted by molar-refractivity contribution is 6.12. The molecule has 0 aliphatic carbocycles. The van der Waals surface area contributed by atoms with Gasteiger partial charge in [0.05, 0.1) is 30.6 Å². The molecule has 1 atom stereocenters. The molecular weight excluding hydrogens is 427 g/mol. The van der Waals surface area contributed by atoms with E-state index < -0.39 is 29.3 Å². The molecule has 1 aliphatic heterocycles. The Balaban J connectivity index is 1.68. The number of rotatable bonds is 4. The van der Waals surface area contributed by atoms with Crippen molar-refractivity contribution >= 4 is 23.2 Å². The molecule has 0 bridgehead atoms.